The zero-order chi connectivity index (χ0) is 11.4. The van der Waals surface area contributed by atoms with Crippen LogP contribution in [0.5, 0.6) is 0 Å². The van der Waals surface area contributed by atoms with E-state index in [1.807, 2.05) is 0 Å². The van der Waals surface area contributed by atoms with Crippen LogP contribution < -0.4 is 5.32 Å². The average molecular weight is 227 g/mol. The molecule has 3 nitrogen and oxygen atoms in total. The van der Waals surface area contributed by atoms with Gasteiger partial charge in [0, 0.05) is 19.2 Å². The van der Waals surface area contributed by atoms with Crippen molar-refractivity contribution in [3.63, 3.8) is 0 Å². The van der Waals surface area contributed by atoms with E-state index in [9.17, 15) is 0 Å². The molecule has 0 aromatic heterocycles. The van der Waals surface area contributed by atoms with Crippen LogP contribution in [-0.2, 0) is 9.47 Å². The standard InChI is InChI=1S/C13H25NO2/c1-3-11(2)9-12-13(16-8-6-14-12)5-4-7-15-10-13/h11-12,14H,3-10H2,1-2H3. The first-order valence-corrected chi connectivity index (χ1v) is 6.72. The Labute approximate surface area is 98.9 Å². The fourth-order valence-electron chi connectivity index (χ4n) is 2.82. The van der Waals surface area contributed by atoms with Gasteiger partial charge in [-0.2, -0.15) is 0 Å². The quantitative estimate of drug-likeness (QED) is 0.799. The van der Waals surface area contributed by atoms with Crippen molar-refractivity contribution >= 4 is 0 Å². The van der Waals surface area contributed by atoms with Crippen molar-refractivity contribution in [3.05, 3.63) is 0 Å². The molecule has 2 saturated heterocycles. The van der Waals surface area contributed by atoms with E-state index in [0.717, 1.165) is 45.1 Å². The van der Waals surface area contributed by atoms with Crippen LogP contribution in [0.2, 0.25) is 0 Å². The monoisotopic (exact) mass is 227 g/mol. The van der Waals surface area contributed by atoms with E-state index in [4.69, 9.17) is 9.47 Å². The zero-order valence-electron chi connectivity index (χ0n) is 10.6. The number of morpholine rings is 1. The van der Waals surface area contributed by atoms with Crippen molar-refractivity contribution < 1.29 is 9.47 Å². The van der Waals surface area contributed by atoms with E-state index in [1.54, 1.807) is 0 Å². The summed E-state index contributed by atoms with van der Waals surface area (Å²) in [5.41, 5.74) is -0.0278. The summed E-state index contributed by atoms with van der Waals surface area (Å²) >= 11 is 0. The summed E-state index contributed by atoms with van der Waals surface area (Å²) in [6.45, 7) is 8.09. The van der Waals surface area contributed by atoms with E-state index in [-0.39, 0.29) is 5.60 Å². The number of hydrogen-bond donors (Lipinski definition) is 1. The molecule has 94 valence electrons. The number of ether oxygens (including phenoxy) is 2. The van der Waals surface area contributed by atoms with Crippen LogP contribution in [0.15, 0.2) is 0 Å². The van der Waals surface area contributed by atoms with Gasteiger partial charge in [0.05, 0.1) is 13.2 Å². The Bertz CT molecular complexity index is 206. The number of nitrogens with one attached hydrogen (secondary N) is 1. The second-order valence-electron chi connectivity index (χ2n) is 5.33. The second-order valence-corrected chi connectivity index (χ2v) is 5.33. The maximum Gasteiger partial charge on any atom is 0.107 e. The summed E-state index contributed by atoms with van der Waals surface area (Å²) in [7, 11) is 0. The molecule has 0 saturated carbocycles. The van der Waals surface area contributed by atoms with Crippen LogP contribution in [-0.4, -0.2) is 38.0 Å². The van der Waals surface area contributed by atoms with Gasteiger partial charge in [0.2, 0.25) is 0 Å². The van der Waals surface area contributed by atoms with Crippen molar-refractivity contribution in [2.24, 2.45) is 5.92 Å². The topological polar surface area (TPSA) is 30.5 Å². The van der Waals surface area contributed by atoms with E-state index >= 15 is 0 Å². The fourth-order valence-corrected chi connectivity index (χ4v) is 2.82. The van der Waals surface area contributed by atoms with Gasteiger partial charge in [0.1, 0.15) is 5.60 Å². The molecule has 3 unspecified atom stereocenters. The Hall–Kier alpha value is -0.120. The molecule has 2 fully saturated rings. The van der Waals surface area contributed by atoms with Gasteiger partial charge in [-0.05, 0) is 25.2 Å². The first kappa shape index (κ1) is 12.3. The third-order valence-electron chi connectivity index (χ3n) is 4.09. The third kappa shape index (κ3) is 2.58. The van der Waals surface area contributed by atoms with Gasteiger partial charge in [-0.1, -0.05) is 20.3 Å². The maximum absolute atomic E-state index is 6.08. The predicted molar refractivity (Wildman–Crippen MR) is 64.6 cm³/mol. The van der Waals surface area contributed by atoms with Gasteiger partial charge < -0.3 is 14.8 Å². The maximum atomic E-state index is 6.08. The molecule has 0 aromatic rings. The molecule has 2 rings (SSSR count). The van der Waals surface area contributed by atoms with Crippen molar-refractivity contribution in [3.8, 4) is 0 Å². The highest BCUT2D eigenvalue weighted by molar-refractivity contribution is 4.98. The van der Waals surface area contributed by atoms with Gasteiger partial charge in [-0.15, -0.1) is 0 Å². The molecule has 2 aliphatic heterocycles. The summed E-state index contributed by atoms with van der Waals surface area (Å²) < 4.78 is 11.7. The zero-order valence-corrected chi connectivity index (χ0v) is 10.6. The molecule has 1 spiro atoms. The Morgan fingerprint density at radius 2 is 2.31 bits per heavy atom. The van der Waals surface area contributed by atoms with E-state index in [0.29, 0.717) is 6.04 Å². The van der Waals surface area contributed by atoms with Gasteiger partial charge in [-0.3, -0.25) is 0 Å². The Morgan fingerprint density at radius 1 is 1.44 bits per heavy atom. The molecule has 16 heavy (non-hydrogen) atoms. The molecule has 2 heterocycles. The van der Waals surface area contributed by atoms with E-state index in [2.05, 4.69) is 19.2 Å². The fraction of sp³-hybridized carbons (Fsp3) is 1.00. The van der Waals surface area contributed by atoms with E-state index in [1.165, 1.54) is 12.8 Å². The van der Waals surface area contributed by atoms with Crippen LogP contribution in [0, 0.1) is 5.92 Å². The molecular weight excluding hydrogens is 202 g/mol. The first-order chi connectivity index (χ1) is 7.77. The van der Waals surface area contributed by atoms with Crippen LogP contribution >= 0.6 is 0 Å². The highest BCUT2D eigenvalue weighted by Gasteiger charge is 2.43. The van der Waals surface area contributed by atoms with Gasteiger partial charge in [-0.25, -0.2) is 0 Å². The Kier molecular flexibility index (Phi) is 4.22. The number of hydrogen-bond acceptors (Lipinski definition) is 3. The molecular formula is C13H25NO2. The Balaban J connectivity index is 2.00. The second kappa shape index (κ2) is 5.48. The van der Waals surface area contributed by atoms with E-state index < -0.39 is 0 Å². The first-order valence-electron chi connectivity index (χ1n) is 6.72. The van der Waals surface area contributed by atoms with Crippen LogP contribution in [0.25, 0.3) is 0 Å². The van der Waals surface area contributed by atoms with Gasteiger partial charge in [0.25, 0.3) is 0 Å². The molecule has 1 N–H and O–H groups in total. The van der Waals surface area contributed by atoms with Crippen molar-refractivity contribution in [2.75, 3.05) is 26.4 Å². The predicted octanol–water partition coefficient (Wildman–Crippen LogP) is 1.96. The summed E-state index contributed by atoms with van der Waals surface area (Å²) in [6, 6.07) is 0.483. The van der Waals surface area contributed by atoms with Crippen LogP contribution in [0.4, 0.5) is 0 Å². The lowest BCUT2D eigenvalue weighted by Crippen LogP contribution is -2.62. The average Bonchev–Trinajstić information content (AvgIpc) is 2.33. The third-order valence-corrected chi connectivity index (χ3v) is 4.09. The van der Waals surface area contributed by atoms with Gasteiger partial charge >= 0.3 is 0 Å². The molecule has 0 aliphatic carbocycles. The highest BCUT2D eigenvalue weighted by atomic mass is 16.5. The summed E-state index contributed by atoms with van der Waals surface area (Å²) in [6.07, 6.45) is 4.74. The minimum absolute atomic E-state index is 0.0278. The number of rotatable bonds is 3. The lowest BCUT2D eigenvalue weighted by molar-refractivity contribution is -0.166. The minimum atomic E-state index is -0.0278. The van der Waals surface area contributed by atoms with Gasteiger partial charge in [0.15, 0.2) is 0 Å². The molecule has 0 aromatic carbocycles. The molecule has 0 bridgehead atoms. The highest BCUT2D eigenvalue weighted by Crippen LogP contribution is 2.32. The van der Waals surface area contributed by atoms with Crippen molar-refractivity contribution in [2.45, 2.75) is 51.2 Å². The lowest BCUT2D eigenvalue weighted by Gasteiger charge is -2.47. The minimum Gasteiger partial charge on any atom is -0.378 e. The Morgan fingerprint density at radius 3 is 3.00 bits per heavy atom. The largest absolute Gasteiger partial charge is 0.378 e. The SMILES string of the molecule is CCC(C)CC1NCCOC12CCCOC2. The summed E-state index contributed by atoms with van der Waals surface area (Å²) in [5.74, 6) is 0.762. The normalized spacial score (nSPS) is 37.5. The molecule has 3 atom stereocenters. The van der Waals surface area contributed by atoms with Crippen molar-refractivity contribution in [1.82, 2.24) is 5.32 Å². The molecule has 2 aliphatic rings. The molecule has 0 radical (unpaired) electrons. The summed E-state index contributed by atoms with van der Waals surface area (Å²) in [5, 5.41) is 3.64. The van der Waals surface area contributed by atoms with Crippen molar-refractivity contribution in [1.29, 1.82) is 0 Å². The smallest absolute Gasteiger partial charge is 0.107 e. The van der Waals surface area contributed by atoms with Crippen LogP contribution in [0.3, 0.4) is 0 Å². The molecule has 0 amide bonds. The molecule has 3 heteroatoms. The lowest BCUT2D eigenvalue weighted by atomic mass is 9.81. The van der Waals surface area contributed by atoms with Crippen LogP contribution in [0.1, 0.15) is 39.5 Å². The summed E-state index contributed by atoms with van der Waals surface area (Å²) in [4.78, 5) is 0.